The first kappa shape index (κ1) is 9.71. The van der Waals surface area contributed by atoms with Gasteiger partial charge in [-0.25, -0.2) is 4.98 Å². The molecule has 2 N–H and O–H groups in total. The van der Waals surface area contributed by atoms with Gasteiger partial charge in [0.2, 0.25) is 0 Å². The second kappa shape index (κ2) is 4.13. The van der Waals surface area contributed by atoms with E-state index in [0.717, 1.165) is 29.3 Å². The second-order valence-electron chi connectivity index (χ2n) is 3.52. The van der Waals surface area contributed by atoms with Gasteiger partial charge in [-0.15, -0.1) is 0 Å². The fourth-order valence-corrected chi connectivity index (χ4v) is 1.32. The SMILES string of the molecule is Cc1ccc(NCc2nc[nH]c2C)cn1. The lowest BCUT2D eigenvalue weighted by Gasteiger charge is -2.04. The number of pyridine rings is 1. The lowest BCUT2D eigenvalue weighted by molar-refractivity contribution is 1.04. The van der Waals surface area contributed by atoms with Gasteiger partial charge in [0, 0.05) is 11.4 Å². The zero-order chi connectivity index (χ0) is 10.7. The van der Waals surface area contributed by atoms with Crippen LogP contribution < -0.4 is 5.32 Å². The maximum atomic E-state index is 4.21. The summed E-state index contributed by atoms with van der Waals surface area (Å²) in [6.45, 7) is 4.71. The van der Waals surface area contributed by atoms with Crippen LogP contribution in [0.3, 0.4) is 0 Å². The number of aromatic amines is 1. The van der Waals surface area contributed by atoms with Crippen LogP contribution in [-0.4, -0.2) is 15.0 Å². The topological polar surface area (TPSA) is 53.6 Å². The average molecular weight is 202 g/mol. The third kappa shape index (κ3) is 2.34. The van der Waals surface area contributed by atoms with Gasteiger partial charge >= 0.3 is 0 Å². The van der Waals surface area contributed by atoms with E-state index in [1.807, 2.05) is 32.2 Å². The van der Waals surface area contributed by atoms with E-state index in [-0.39, 0.29) is 0 Å². The number of nitrogens with one attached hydrogen (secondary N) is 2. The van der Waals surface area contributed by atoms with E-state index in [1.165, 1.54) is 0 Å². The van der Waals surface area contributed by atoms with Crippen molar-refractivity contribution in [3.8, 4) is 0 Å². The van der Waals surface area contributed by atoms with E-state index >= 15 is 0 Å². The number of imidazole rings is 1. The molecule has 0 spiro atoms. The van der Waals surface area contributed by atoms with Crippen LogP contribution in [0.5, 0.6) is 0 Å². The highest BCUT2D eigenvalue weighted by molar-refractivity contribution is 5.41. The van der Waals surface area contributed by atoms with E-state index in [2.05, 4.69) is 20.3 Å². The maximum Gasteiger partial charge on any atom is 0.0925 e. The molecule has 0 unspecified atom stereocenters. The van der Waals surface area contributed by atoms with Crippen molar-refractivity contribution >= 4 is 5.69 Å². The van der Waals surface area contributed by atoms with Crippen molar-refractivity contribution in [1.29, 1.82) is 0 Å². The summed E-state index contributed by atoms with van der Waals surface area (Å²) >= 11 is 0. The van der Waals surface area contributed by atoms with E-state index in [4.69, 9.17) is 0 Å². The molecule has 15 heavy (non-hydrogen) atoms. The normalized spacial score (nSPS) is 10.3. The molecule has 4 nitrogen and oxygen atoms in total. The number of anilines is 1. The summed E-state index contributed by atoms with van der Waals surface area (Å²) < 4.78 is 0. The quantitative estimate of drug-likeness (QED) is 0.800. The van der Waals surface area contributed by atoms with Crippen molar-refractivity contribution < 1.29 is 0 Å². The molecule has 2 rings (SSSR count). The summed E-state index contributed by atoms with van der Waals surface area (Å²) in [6.07, 6.45) is 3.54. The highest BCUT2D eigenvalue weighted by Gasteiger charge is 2.00. The molecule has 0 atom stereocenters. The number of aromatic nitrogens is 3. The highest BCUT2D eigenvalue weighted by atomic mass is 15.0. The Hall–Kier alpha value is -1.84. The Kier molecular flexibility index (Phi) is 2.67. The third-order valence-electron chi connectivity index (χ3n) is 2.31. The van der Waals surface area contributed by atoms with Gasteiger partial charge in [-0.3, -0.25) is 4.98 Å². The third-order valence-corrected chi connectivity index (χ3v) is 2.31. The molecule has 78 valence electrons. The second-order valence-corrected chi connectivity index (χ2v) is 3.52. The van der Waals surface area contributed by atoms with Crippen molar-refractivity contribution in [3.63, 3.8) is 0 Å². The molecular weight excluding hydrogens is 188 g/mol. The van der Waals surface area contributed by atoms with Crippen LogP contribution in [0.2, 0.25) is 0 Å². The molecule has 0 aliphatic carbocycles. The molecule has 4 heteroatoms. The Morgan fingerprint density at radius 3 is 2.73 bits per heavy atom. The van der Waals surface area contributed by atoms with Crippen LogP contribution in [0.4, 0.5) is 5.69 Å². The maximum absolute atomic E-state index is 4.21. The Bertz CT molecular complexity index is 430. The van der Waals surface area contributed by atoms with Gasteiger partial charge in [0.25, 0.3) is 0 Å². The lowest BCUT2D eigenvalue weighted by atomic mass is 10.3. The molecular formula is C11H14N4. The molecule has 0 bridgehead atoms. The van der Waals surface area contributed by atoms with Crippen molar-refractivity contribution in [1.82, 2.24) is 15.0 Å². The smallest absolute Gasteiger partial charge is 0.0925 e. The molecule has 0 aliphatic rings. The summed E-state index contributed by atoms with van der Waals surface area (Å²) in [7, 11) is 0. The van der Waals surface area contributed by atoms with Gasteiger partial charge in [-0.1, -0.05) is 0 Å². The van der Waals surface area contributed by atoms with Gasteiger partial charge in [-0.05, 0) is 26.0 Å². The first-order valence-corrected chi connectivity index (χ1v) is 4.91. The molecule has 2 aromatic heterocycles. The summed E-state index contributed by atoms with van der Waals surface area (Å²) in [4.78, 5) is 11.5. The Morgan fingerprint density at radius 1 is 1.27 bits per heavy atom. The van der Waals surface area contributed by atoms with Crippen LogP contribution in [0.1, 0.15) is 17.1 Å². The van der Waals surface area contributed by atoms with E-state index in [0.29, 0.717) is 0 Å². The Morgan fingerprint density at radius 2 is 2.13 bits per heavy atom. The van der Waals surface area contributed by atoms with Crippen molar-refractivity contribution in [3.05, 3.63) is 41.7 Å². The number of hydrogen-bond acceptors (Lipinski definition) is 3. The predicted molar refractivity (Wildman–Crippen MR) is 59.6 cm³/mol. The molecule has 0 amide bonds. The molecule has 0 aliphatic heterocycles. The van der Waals surface area contributed by atoms with Crippen LogP contribution in [0, 0.1) is 13.8 Å². The molecule has 0 saturated carbocycles. The number of nitrogens with zero attached hydrogens (tertiary/aromatic N) is 2. The van der Waals surface area contributed by atoms with E-state index in [9.17, 15) is 0 Å². The van der Waals surface area contributed by atoms with Crippen molar-refractivity contribution in [2.45, 2.75) is 20.4 Å². The number of hydrogen-bond donors (Lipinski definition) is 2. The van der Waals surface area contributed by atoms with Gasteiger partial charge in [0.1, 0.15) is 0 Å². The minimum absolute atomic E-state index is 0.722. The van der Waals surface area contributed by atoms with E-state index in [1.54, 1.807) is 6.33 Å². The first-order valence-electron chi connectivity index (χ1n) is 4.91. The predicted octanol–water partition coefficient (Wildman–Crippen LogP) is 2.03. The fraction of sp³-hybridized carbons (Fsp3) is 0.273. The largest absolute Gasteiger partial charge is 0.378 e. The molecule has 2 heterocycles. The minimum atomic E-state index is 0.722. The number of H-pyrrole nitrogens is 1. The summed E-state index contributed by atoms with van der Waals surface area (Å²) in [5.41, 5.74) is 4.18. The molecule has 0 radical (unpaired) electrons. The summed E-state index contributed by atoms with van der Waals surface area (Å²) in [6, 6.07) is 4.00. The monoisotopic (exact) mass is 202 g/mol. The van der Waals surface area contributed by atoms with Gasteiger partial charge in [0.05, 0.1) is 30.5 Å². The van der Waals surface area contributed by atoms with E-state index < -0.39 is 0 Å². The summed E-state index contributed by atoms with van der Waals surface area (Å²) in [5, 5.41) is 3.27. The van der Waals surface area contributed by atoms with Gasteiger partial charge < -0.3 is 10.3 Å². The van der Waals surface area contributed by atoms with Crippen LogP contribution >= 0.6 is 0 Å². The fourth-order valence-electron chi connectivity index (χ4n) is 1.32. The lowest BCUT2D eigenvalue weighted by Crippen LogP contribution is -2.01. The van der Waals surface area contributed by atoms with Crippen molar-refractivity contribution in [2.24, 2.45) is 0 Å². The molecule has 0 fully saturated rings. The van der Waals surface area contributed by atoms with Crippen LogP contribution in [0.15, 0.2) is 24.7 Å². The molecule has 2 aromatic rings. The van der Waals surface area contributed by atoms with Gasteiger partial charge in [0.15, 0.2) is 0 Å². The van der Waals surface area contributed by atoms with Crippen LogP contribution in [0.25, 0.3) is 0 Å². The first-order chi connectivity index (χ1) is 7.25. The highest BCUT2D eigenvalue weighted by Crippen LogP contribution is 2.08. The number of rotatable bonds is 3. The zero-order valence-corrected chi connectivity index (χ0v) is 8.91. The molecule has 0 aromatic carbocycles. The zero-order valence-electron chi connectivity index (χ0n) is 8.91. The van der Waals surface area contributed by atoms with Crippen molar-refractivity contribution in [2.75, 3.05) is 5.32 Å². The molecule has 0 saturated heterocycles. The Balaban J connectivity index is 1.99. The summed E-state index contributed by atoms with van der Waals surface area (Å²) in [5.74, 6) is 0. The van der Waals surface area contributed by atoms with Crippen LogP contribution in [-0.2, 0) is 6.54 Å². The minimum Gasteiger partial charge on any atom is -0.378 e. The number of aryl methyl sites for hydroxylation is 2. The standard InChI is InChI=1S/C11H14N4/c1-8-3-4-10(5-12-8)13-6-11-9(2)14-7-15-11/h3-5,7,13H,6H2,1-2H3,(H,14,15). The van der Waals surface area contributed by atoms with Gasteiger partial charge in [-0.2, -0.15) is 0 Å². The Labute approximate surface area is 88.8 Å². The average Bonchev–Trinajstić information content (AvgIpc) is 2.63.